The standard InChI is InChI=1S/C14H20O/c1-3-11-5-9(1)7-13(11)15-14-8-10-2-4-12(14)6-10/h1,3,9-14H,2,4-8H2/t9?,10?,11-,12?,13?,14?/m1/s1. The summed E-state index contributed by atoms with van der Waals surface area (Å²) in [6, 6.07) is 0. The first kappa shape index (κ1) is 8.81. The first-order valence-corrected chi connectivity index (χ1v) is 6.72. The Bertz CT molecular complexity index is 296. The van der Waals surface area contributed by atoms with Crippen LogP contribution in [0.4, 0.5) is 0 Å². The van der Waals surface area contributed by atoms with Gasteiger partial charge >= 0.3 is 0 Å². The molecule has 0 aromatic heterocycles. The van der Waals surface area contributed by atoms with Crippen LogP contribution in [-0.2, 0) is 4.74 Å². The Balaban J connectivity index is 1.43. The first-order chi connectivity index (χ1) is 7.38. The van der Waals surface area contributed by atoms with Crippen molar-refractivity contribution in [2.24, 2.45) is 23.7 Å². The van der Waals surface area contributed by atoms with E-state index in [-0.39, 0.29) is 0 Å². The molecule has 82 valence electrons. The lowest BCUT2D eigenvalue weighted by atomic mass is 9.96. The van der Waals surface area contributed by atoms with Crippen molar-refractivity contribution in [1.82, 2.24) is 0 Å². The van der Waals surface area contributed by atoms with Crippen molar-refractivity contribution >= 4 is 0 Å². The smallest absolute Gasteiger partial charge is 0.0647 e. The summed E-state index contributed by atoms with van der Waals surface area (Å²) in [5.41, 5.74) is 0. The minimum Gasteiger partial charge on any atom is -0.374 e. The average Bonchev–Trinajstić information content (AvgIpc) is 2.96. The summed E-state index contributed by atoms with van der Waals surface area (Å²) in [7, 11) is 0. The van der Waals surface area contributed by atoms with Crippen LogP contribution in [0.2, 0.25) is 0 Å². The van der Waals surface area contributed by atoms with E-state index in [2.05, 4.69) is 12.2 Å². The third kappa shape index (κ3) is 1.32. The summed E-state index contributed by atoms with van der Waals surface area (Å²) in [6.07, 6.45) is 14.5. The number of fused-ring (bicyclic) bond motifs is 4. The highest BCUT2D eigenvalue weighted by molar-refractivity contribution is 5.11. The van der Waals surface area contributed by atoms with Gasteiger partial charge in [-0.2, -0.15) is 0 Å². The molecule has 0 N–H and O–H groups in total. The van der Waals surface area contributed by atoms with E-state index < -0.39 is 0 Å². The highest BCUT2D eigenvalue weighted by Gasteiger charge is 2.44. The summed E-state index contributed by atoms with van der Waals surface area (Å²) in [6.45, 7) is 0. The van der Waals surface area contributed by atoms with Gasteiger partial charge in [0, 0.05) is 5.92 Å². The maximum Gasteiger partial charge on any atom is 0.0647 e. The molecular formula is C14H20O. The van der Waals surface area contributed by atoms with Crippen LogP contribution in [0.5, 0.6) is 0 Å². The van der Waals surface area contributed by atoms with Crippen LogP contribution in [0.1, 0.15) is 38.5 Å². The molecule has 0 aromatic carbocycles. The van der Waals surface area contributed by atoms with Crippen LogP contribution in [-0.4, -0.2) is 12.2 Å². The predicted molar refractivity (Wildman–Crippen MR) is 59.5 cm³/mol. The molecule has 0 amide bonds. The van der Waals surface area contributed by atoms with E-state index in [1.807, 2.05) is 0 Å². The second kappa shape index (κ2) is 3.10. The van der Waals surface area contributed by atoms with E-state index in [4.69, 9.17) is 4.74 Å². The fourth-order valence-electron chi connectivity index (χ4n) is 4.46. The van der Waals surface area contributed by atoms with E-state index >= 15 is 0 Å². The van der Waals surface area contributed by atoms with E-state index in [0.29, 0.717) is 12.2 Å². The lowest BCUT2D eigenvalue weighted by Gasteiger charge is -2.28. The monoisotopic (exact) mass is 204 g/mol. The third-order valence-corrected chi connectivity index (χ3v) is 5.24. The Morgan fingerprint density at radius 3 is 2.47 bits per heavy atom. The lowest BCUT2D eigenvalue weighted by molar-refractivity contribution is -0.0498. The number of ether oxygens (including phenoxy) is 1. The summed E-state index contributed by atoms with van der Waals surface area (Å²) in [4.78, 5) is 0. The van der Waals surface area contributed by atoms with Crippen LogP contribution in [0.3, 0.4) is 0 Å². The highest BCUT2D eigenvalue weighted by Crippen LogP contribution is 2.49. The quantitative estimate of drug-likeness (QED) is 0.628. The van der Waals surface area contributed by atoms with Crippen LogP contribution in [0.15, 0.2) is 12.2 Å². The van der Waals surface area contributed by atoms with Crippen molar-refractivity contribution in [3.63, 3.8) is 0 Å². The fraction of sp³-hybridized carbons (Fsp3) is 0.857. The maximum atomic E-state index is 6.39. The Kier molecular flexibility index (Phi) is 1.82. The maximum absolute atomic E-state index is 6.39. The van der Waals surface area contributed by atoms with Crippen molar-refractivity contribution in [3.05, 3.63) is 12.2 Å². The van der Waals surface area contributed by atoms with Crippen LogP contribution in [0.25, 0.3) is 0 Å². The van der Waals surface area contributed by atoms with E-state index in [9.17, 15) is 0 Å². The topological polar surface area (TPSA) is 9.23 Å². The number of rotatable bonds is 2. The molecule has 4 aliphatic carbocycles. The second-order valence-corrected chi connectivity index (χ2v) is 6.17. The van der Waals surface area contributed by atoms with Crippen molar-refractivity contribution < 1.29 is 4.74 Å². The molecule has 1 heteroatoms. The Morgan fingerprint density at radius 1 is 0.867 bits per heavy atom. The van der Waals surface area contributed by atoms with E-state index in [1.54, 1.807) is 0 Å². The minimum absolute atomic E-state index is 0.587. The lowest BCUT2D eigenvalue weighted by Crippen LogP contribution is -2.29. The number of allylic oxidation sites excluding steroid dienone is 1. The van der Waals surface area contributed by atoms with Crippen molar-refractivity contribution in [2.75, 3.05) is 0 Å². The fourth-order valence-corrected chi connectivity index (χ4v) is 4.46. The zero-order valence-electron chi connectivity index (χ0n) is 9.27. The molecule has 0 heterocycles. The van der Waals surface area contributed by atoms with Gasteiger partial charge < -0.3 is 4.74 Å². The third-order valence-electron chi connectivity index (χ3n) is 5.24. The molecule has 0 radical (unpaired) electrons. The van der Waals surface area contributed by atoms with Crippen molar-refractivity contribution in [3.8, 4) is 0 Å². The zero-order chi connectivity index (χ0) is 9.83. The van der Waals surface area contributed by atoms with Gasteiger partial charge in [-0.3, -0.25) is 0 Å². The number of hydrogen-bond donors (Lipinski definition) is 0. The molecule has 4 rings (SSSR count). The molecule has 3 saturated carbocycles. The molecule has 4 bridgehead atoms. The van der Waals surface area contributed by atoms with Crippen LogP contribution >= 0.6 is 0 Å². The molecule has 1 nitrogen and oxygen atoms in total. The SMILES string of the molecule is C1=C[C@@H]2CC1CC2OC1CC2CCC1C2. The largest absolute Gasteiger partial charge is 0.374 e. The van der Waals surface area contributed by atoms with Crippen molar-refractivity contribution in [2.45, 2.75) is 50.7 Å². The predicted octanol–water partition coefficient (Wildman–Crippen LogP) is 3.16. The van der Waals surface area contributed by atoms with Gasteiger partial charge in [-0.1, -0.05) is 12.2 Å². The molecule has 3 fully saturated rings. The minimum atomic E-state index is 0.587. The summed E-state index contributed by atoms with van der Waals surface area (Å²) in [5.74, 6) is 3.58. The van der Waals surface area contributed by atoms with Crippen LogP contribution < -0.4 is 0 Å². The molecular weight excluding hydrogens is 184 g/mol. The summed E-state index contributed by atoms with van der Waals surface area (Å²) < 4.78 is 6.39. The van der Waals surface area contributed by atoms with Crippen LogP contribution in [0, 0.1) is 23.7 Å². The molecule has 0 aliphatic heterocycles. The average molecular weight is 204 g/mol. The second-order valence-electron chi connectivity index (χ2n) is 6.17. The van der Waals surface area contributed by atoms with Gasteiger partial charge in [0.25, 0.3) is 0 Å². The van der Waals surface area contributed by atoms with Gasteiger partial charge in [-0.25, -0.2) is 0 Å². The first-order valence-electron chi connectivity index (χ1n) is 6.72. The molecule has 5 unspecified atom stereocenters. The van der Waals surface area contributed by atoms with E-state index in [0.717, 1.165) is 23.7 Å². The van der Waals surface area contributed by atoms with Gasteiger partial charge in [-0.05, 0) is 56.3 Å². The Morgan fingerprint density at radius 2 is 1.87 bits per heavy atom. The van der Waals surface area contributed by atoms with Gasteiger partial charge in [0.15, 0.2) is 0 Å². The highest BCUT2D eigenvalue weighted by atomic mass is 16.5. The van der Waals surface area contributed by atoms with Crippen molar-refractivity contribution in [1.29, 1.82) is 0 Å². The summed E-state index contributed by atoms with van der Waals surface area (Å²) in [5, 5.41) is 0. The van der Waals surface area contributed by atoms with E-state index in [1.165, 1.54) is 38.5 Å². The molecule has 4 aliphatic rings. The summed E-state index contributed by atoms with van der Waals surface area (Å²) >= 11 is 0. The molecule has 0 spiro atoms. The molecule has 6 atom stereocenters. The van der Waals surface area contributed by atoms with Gasteiger partial charge in [0.05, 0.1) is 12.2 Å². The molecule has 0 aromatic rings. The zero-order valence-corrected chi connectivity index (χ0v) is 9.27. The molecule has 15 heavy (non-hydrogen) atoms. The van der Waals surface area contributed by atoms with Gasteiger partial charge in [0.1, 0.15) is 0 Å². The van der Waals surface area contributed by atoms with Gasteiger partial charge in [0.2, 0.25) is 0 Å². The number of hydrogen-bond acceptors (Lipinski definition) is 1. The molecule has 0 saturated heterocycles. The Hall–Kier alpha value is -0.300. The Labute approximate surface area is 91.9 Å². The van der Waals surface area contributed by atoms with Gasteiger partial charge in [-0.15, -0.1) is 0 Å². The normalized spacial score (nSPS) is 55.7.